The number of esters is 5. The van der Waals surface area contributed by atoms with E-state index in [1.807, 2.05) is 0 Å². The third-order valence-electron chi connectivity index (χ3n) is 11.0. The van der Waals surface area contributed by atoms with E-state index in [9.17, 15) is 24.0 Å². The van der Waals surface area contributed by atoms with Crippen molar-refractivity contribution in [2.45, 2.75) is 30.7 Å². The Balaban J connectivity index is 1.52. The lowest BCUT2D eigenvalue weighted by molar-refractivity contribution is -0.282. The molecule has 0 aliphatic carbocycles. The molecule has 6 rings (SSSR count). The Labute approximate surface area is 413 Å². The van der Waals surface area contributed by atoms with Gasteiger partial charge in [-0.1, -0.05) is 0 Å². The average Bonchev–Trinajstić information content (AvgIpc) is 3.42. The van der Waals surface area contributed by atoms with E-state index < -0.39 is 67.2 Å². The molecule has 0 aromatic heterocycles. The van der Waals surface area contributed by atoms with Crippen molar-refractivity contribution in [3.8, 4) is 57.5 Å². The largest absolute Gasteiger partial charge is 0.493 e. The average molecular weight is 1000 g/mol. The first kappa shape index (κ1) is 52.8. The maximum Gasteiger partial charge on any atom is 0.340 e. The third-order valence-corrected chi connectivity index (χ3v) is 11.0. The maximum atomic E-state index is 14.5. The van der Waals surface area contributed by atoms with E-state index in [4.69, 9.17) is 75.8 Å². The number of carbonyl (C=O) groups excluding carboxylic acids is 5. The zero-order chi connectivity index (χ0) is 52.1. The van der Waals surface area contributed by atoms with E-state index in [2.05, 4.69) is 0 Å². The highest BCUT2D eigenvalue weighted by molar-refractivity contribution is 5.93. The summed E-state index contributed by atoms with van der Waals surface area (Å²) in [5.74, 6) is -3.06. The Hall–Kier alpha value is -8.59. The monoisotopic (exact) mass is 1000 g/mol. The van der Waals surface area contributed by atoms with Crippen molar-refractivity contribution in [2.24, 2.45) is 0 Å². The summed E-state index contributed by atoms with van der Waals surface area (Å²) in [5.41, 5.74) is -0.438. The molecule has 21 nitrogen and oxygen atoms in total. The summed E-state index contributed by atoms with van der Waals surface area (Å²) in [6, 6.07) is 20.7. The lowest BCUT2D eigenvalue weighted by atomic mass is 9.97. The number of benzene rings is 5. The van der Waals surface area contributed by atoms with Gasteiger partial charge in [-0.25, -0.2) is 24.0 Å². The van der Waals surface area contributed by atoms with Crippen LogP contribution in [0.3, 0.4) is 0 Å². The molecule has 72 heavy (non-hydrogen) atoms. The Kier molecular flexibility index (Phi) is 17.8. The summed E-state index contributed by atoms with van der Waals surface area (Å²) in [7, 11) is 13.8. The zero-order valence-electron chi connectivity index (χ0n) is 40.8. The predicted molar refractivity (Wildman–Crippen MR) is 250 cm³/mol. The second-order valence-electron chi connectivity index (χ2n) is 15.0. The van der Waals surface area contributed by atoms with Crippen LogP contribution in [0, 0.1) is 0 Å². The van der Waals surface area contributed by atoms with Crippen LogP contribution >= 0.6 is 0 Å². The van der Waals surface area contributed by atoms with E-state index in [1.54, 1.807) is 0 Å². The van der Waals surface area contributed by atoms with Crippen molar-refractivity contribution in [2.75, 3.05) is 77.7 Å². The van der Waals surface area contributed by atoms with Crippen LogP contribution < -0.4 is 47.4 Å². The van der Waals surface area contributed by atoms with Crippen LogP contribution in [0.2, 0.25) is 0 Å². The summed E-state index contributed by atoms with van der Waals surface area (Å²) in [6.07, 6.45) is -9.51. The fourth-order valence-electron chi connectivity index (χ4n) is 7.31. The van der Waals surface area contributed by atoms with Crippen molar-refractivity contribution in [3.63, 3.8) is 0 Å². The van der Waals surface area contributed by atoms with Gasteiger partial charge in [0, 0.05) is 0 Å². The smallest absolute Gasteiger partial charge is 0.340 e. The van der Waals surface area contributed by atoms with E-state index in [0.29, 0.717) is 5.75 Å². The Morgan fingerprint density at radius 2 is 0.597 bits per heavy atom. The van der Waals surface area contributed by atoms with E-state index in [1.165, 1.54) is 162 Å². The van der Waals surface area contributed by atoms with Gasteiger partial charge >= 0.3 is 29.8 Å². The first-order chi connectivity index (χ1) is 34.8. The van der Waals surface area contributed by atoms with Gasteiger partial charge in [0.1, 0.15) is 12.7 Å². The van der Waals surface area contributed by atoms with Gasteiger partial charge in [-0.15, -0.1) is 0 Å². The molecular weight excluding hydrogens is 949 g/mol. The summed E-state index contributed by atoms with van der Waals surface area (Å²) in [4.78, 5) is 71.3. The lowest BCUT2D eigenvalue weighted by Crippen LogP contribution is -2.63. The molecule has 0 amide bonds. The van der Waals surface area contributed by atoms with Gasteiger partial charge in [0.2, 0.25) is 12.4 Å². The molecule has 5 aromatic carbocycles. The van der Waals surface area contributed by atoms with Gasteiger partial charge in [-0.05, 0) is 91.0 Å². The SMILES string of the molecule is COc1ccc(C(=O)OC[C@H]2O[C@H](OC(=O)c3ccc(OC)c(OC)c3)[C@H](OC(=O)c3ccc(OC)c(OC)c3)[C@@H](OC(=O)c3ccc(OC)c(OC)c3)[C@@H]2OC(=O)c2ccc(OC)c(OC)c2)cc1OC. The van der Waals surface area contributed by atoms with Crippen LogP contribution in [-0.2, 0) is 28.4 Å². The highest BCUT2D eigenvalue weighted by Crippen LogP contribution is 2.37. The second-order valence-corrected chi connectivity index (χ2v) is 15.0. The van der Waals surface area contributed by atoms with Crippen LogP contribution in [0.5, 0.6) is 57.5 Å². The van der Waals surface area contributed by atoms with Crippen molar-refractivity contribution in [1.29, 1.82) is 0 Å². The fourth-order valence-corrected chi connectivity index (χ4v) is 7.31. The number of hydrogen-bond donors (Lipinski definition) is 0. The summed E-state index contributed by atoms with van der Waals surface area (Å²) in [5, 5.41) is 0. The first-order valence-corrected chi connectivity index (χ1v) is 21.5. The lowest BCUT2D eigenvalue weighted by Gasteiger charge is -2.43. The van der Waals surface area contributed by atoms with Gasteiger partial charge in [0.25, 0.3) is 0 Å². The molecule has 1 fully saturated rings. The molecule has 0 unspecified atom stereocenters. The van der Waals surface area contributed by atoms with Crippen molar-refractivity contribution in [1.82, 2.24) is 0 Å². The fraction of sp³-hybridized carbons (Fsp3) is 0.314. The molecule has 21 heteroatoms. The zero-order valence-corrected chi connectivity index (χ0v) is 40.8. The van der Waals surface area contributed by atoms with Gasteiger partial charge < -0.3 is 75.8 Å². The number of rotatable bonds is 21. The predicted octanol–water partition coefficient (Wildman–Crippen LogP) is 6.19. The number of hydrogen-bond acceptors (Lipinski definition) is 21. The molecule has 1 saturated heterocycles. The molecule has 0 saturated carbocycles. The van der Waals surface area contributed by atoms with Gasteiger partial charge in [0.05, 0.1) is 98.9 Å². The summed E-state index contributed by atoms with van der Waals surface area (Å²) in [6.45, 7) is -0.776. The molecular formula is C51H52O21. The van der Waals surface area contributed by atoms with Crippen LogP contribution in [0.4, 0.5) is 0 Å². The number of ether oxygens (including phenoxy) is 16. The minimum atomic E-state index is -2.03. The van der Waals surface area contributed by atoms with E-state index in [-0.39, 0.29) is 79.6 Å². The molecule has 0 spiro atoms. The third kappa shape index (κ3) is 11.9. The highest BCUT2D eigenvalue weighted by atomic mass is 16.7. The molecule has 0 bridgehead atoms. The topological polar surface area (TPSA) is 233 Å². The highest BCUT2D eigenvalue weighted by Gasteiger charge is 2.55. The van der Waals surface area contributed by atoms with Gasteiger partial charge in [-0.3, -0.25) is 0 Å². The minimum Gasteiger partial charge on any atom is -0.493 e. The second kappa shape index (κ2) is 24.3. The van der Waals surface area contributed by atoms with E-state index in [0.717, 1.165) is 0 Å². The van der Waals surface area contributed by atoms with Crippen LogP contribution in [0.25, 0.3) is 0 Å². The molecule has 382 valence electrons. The molecule has 5 aromatic rings. The summed E-state index contributed by atoms with van der Waals surface area (Å²) >= 11 is 0. The molecule has 5 atom stereocenters. The standard InChI is InChI=1S/C51H52O21/c1-57-32-16-11-27(21-37(32)62-6)46(52)67-26-42-43(69-47(53)28-12-17-33(58-2)38(22-28)63-7)44(70-48(54)29-13-18-34(59-3)39(23-29)64-8)45(71-49(55)30-14-19-35(60-4)40(24-30)65-9)51(68-42)72-50(56)31-15-20-36(61-5)41(25-31)66-10/h11-25,42-45,51H,26H2,1-10H3/t42-,43-,44+,45-,51-/m1/s1. The van der Waals surface area contributed by atoms with Crippen molar-refractivity contribution < 1.29 is 99.8 Å². The van der Waals surface area contributed by atoms with Gasteiger partial charge in [-0.2, -0.15) is 0 Å². The molecule has 1 aliphatic heterocycles. The maximum absolute atomic E-state index is 14.5. The van der Waals surface area contributed by atoms with Crippen LogP contribution in [0.15, 0.2) is 91.0 Å². The first-order valence-electron chi connectivity index (χ1n) is 21.5. The van der Waals surface area contributed by atoms with Crippen molar-refractivity contribution >= 4 is 29.8 Å². The molecule has 0 N–H and O–H groups in total. The number of methoxy groups -OCH3 is 10. The van der Waals surface area contributed by atoms with Crippen molar-refractivity contribution in [3.05, 3.63) is 119 Å². The van der Waals surface area contributed by atoms with Crippen LogP contribution in [0.1, 0.15) is 51.8 Å². The Morgan fingerprint density at radius 1 is 0.333 bits per heavy atom. The Morgan fingerprint density at radius 3 is 0.903 bits per heavy atom. The van der Waals surface area contributed by atoms with Gasteiger partial charge in [0.15, 0.2) is 69.7 Å². The van der Waals surface area contributed by atoms with E-state index >= 15 is 0 Å². The quantitative estimate of drug-likeness (QED) is 0.0589. The summed E-state index contributed by atoms with van der Waals surface area (Å²) < 4.78 is 90.4. The minimum absolute atomic E-state index is 0.00285. The van der Waals surface area contributed by atoms with Crippen LogP contribution in [-0.4, -0.2) is 138 Å². The molecule has 0 radical (unpaired) electrons. The number of carbonyl (C=O) groups is 5. The normalized spacial score (nSPS) is 16.9. The molecule has 1 aliphatic rings. The Bertz CT molecular complexity index is 2750. The molecule has 1 heterocycles.